The van der Waals surface area contributed by atoms with E-state index >= 15 is 0 Å². The quantitative estimate of drug-likeness (QED) is 0.539. The van der Waals surface area contributed by atoms with E-state index in [1.807, 2.05) is 13.0 Å². The lowest BCUT2D eigenvalue weighted by atomic mass is 9.99. The van der Waals surface area contributed by atoms with E-state index in [4.69, 9.17) is 14.2 Å². The molecule has 6 nitrogen and oxygen atoms in total. The highest BCUT2D eigenvalue weighted by Crippen LogP contribution is 2.44. The van der Waals surface area contributed by atoms with Gasteiger partial charge < -0.3 is 14.2 Å². The molecular formula is C25H25NO5. The third-order valence-corrected chi connectivity index (χ3v) is 6.44. The second-order valence-corrected chi connectivity index (χ2v) is 8.38. The van der Waals surface area contributed by atoms with Crippen molar-refractivity contribution in [2.24, 2.45) is 0 Å². The molecule has 0 unspecified atom stereocenters. The van der Waals surface area contributed by atoms with Crippen molar-refractivity contribution in [2.45, 2.75) is 45.2 Å². The zero-order valence-electron chi connectivity index (χ0n) is 17.8. The summed E-state index contributed by atoms with van der Waals surface area (Å²) in [6, 6.07) is 9.36. The molecule has 2 aromatic carbocycles. The molecule has 0 amide bonds. The van der Waals surface area contributed by atoms with Crippen LogP contribution in [-0.4, -0.2) is 36.5 Å². The predicted molar refractivity (Wildman–Crippen MR) is 115 cm³/mol. The molecule has 0 spiro atoms. The Morgan fingerprint density at radius 1 is 1.16 bits per heavy atom. The van der Waals surface area contributed by atoms with E-state index < -0.39 is 5.97 Å². The van der Waals surface area contributed by atoms with Gasteiger partial charge in [0.25, 0.3) is 0 Å². The number of methoxy groups -OCH3 is 1. The van der Waals surface area contributed by atoms with Gasteiger partial charge in [0.15, 0.2) is 5.76 Å². The summed E-state index contributed by atoms with van der Waals surface area (Å²) in [6.07, 6.45) is 6.68. The van der Waals surface area contributed by atoms with E-state index in [-0.39, 0.29) is 11.5 Å². The molecular weight excluding hydrogens is 394 g/mol. The number of ketones is 1. The van der Waals surface area contributed by atoms with Crippen molar-refractivity contribution in [2.75, 3.05) is 13.8 Å². The highest BCUT2D eigenvalue weighted by molar-refractivity contribution is 6.15. The molecule has 1 fully saturated rings. The molecule has 0 atom stereocenters. The van der Waals surface area contributed by atoms with Crippen LogP contribution in [0.3, 0.4) is 0 Å². The van der Waals surface area contributed by atoms with Crippen LogP contribution < -0.4 is 9.47 Å². The molecule has 2 aromatic rings. The molecule has 2 heterocycles. The second-order valence-electron chi connectivity index (χ2n) is 8.38. The van der Waals surface area contributed by atoms with Crippen LogP contribution in [0, 0.1) is 6.92 Å². The number of hydrogen-bond acceptors (Lipinski definition) is 6. The normalized spacial score (nSPS) is 19.7. The predicted octanol–water partition coefficient (Wildman–Crippen LogP) is 4.49. The first-order valence-corrected chi connectivity index (χ1v) is 10.7. The number of carbonyl (C=O) groups is 2. The number of ether oxygens (including phenoxy) is 3. The maximum absolute atomic E-state index is 13.1. The minimum Gasteiger partial charge on any atom is -0.477 e. The summed E-state index contributed by atoms with van der Waals surface area (Å²) in [6.45, 7) is 3.33. The van der Waals surface area contributed by atoms with E-state index in [0.717, 1.165) is 29.0 Å². The van der Waals surface area contributed by atoms with Gasteiger partial charge in [-0.3, -0.25) is 9.69 Å². The lowest BCUT2D eigenvalue weighted by Crippen LogP contribution is -2.39. The van der Waals surface area contributed by atoms with Gasteiger partial charge in [0.2, 0.25) is 5.78 Å². The molecule has 0 bridgehead atoms. The van der Waals surface area contributed by atoms with Crippen molar-refractivity contribution >= 4 is 17.8 Å². The maximum Gasteiger partial charge on any atom is 0.337 e. The summed E-state index contributed by atoms with van der Waals surface area (Å²) in [4.78, 5) is 27.1. The second kappa shape index (κ2) is 7.85. The average Bonchev–Trinajstić information content (AvgIpc) is 3.43. The van der Waals surface area contributed by atoms with Crippen LogP contribution >= 0.6 is 0 Å². The molecule has 2 aliphatic heterocycles. The van der Waals surface area contributed by atoms with Crippen LogP contribution in [-0.2, 0) is 11.3 Å². The lowest BCUT2D eigenvalue weighted by molar-refractivity contribution is 0.0570. The molecule has 0 saturated heterocycles. The zero-order valence-corrected chi connectivity index (χ0v) is 17.8. The Morgan fingerprint density at radius 2 is 1.90 bits per heavy atom. The SMILES string of the molecule is COC(=O)c1ccc(/C=C2\Oc3c(cc4c(c3C)OCN(C3CCCC3)C4)C2=O)cc1. The number of allylic oxidation sites excluding steroid dienone is 1. The van der Waals surface area contributed by atoms with Crippen molar-refractivity contribution in [1.82, 2.24) is 4.90 Å². The van der Waals surface area contributed by atoms with Gasteiger partial charge >= 0.3 is 5.97 Å². The van der Waals surface area contributed by atoms with Gasteiger partial charge in [0.05, 0.1) is 18.2 Å². The average molecular weight is 419 g/mol. The molecule has 1 saturated carbocycles. The Balaban J connectivity index is 1.41. The van der Waals surface area contributed by atoms with Crippen molar-refractivity contribution in [1.29, 1.82) is 0 Å². The summed E-state index contributed by atoms with van der Waals surface area (Å²) in [5.41, 5.74) is 3.74. The fourth-order valence-electron chi connectivity index (χ4n) is 4.75. The molecule has 6 heteroatoms. The van der Waals surface area contributed by atoms with Crippen LogP contribution in [0.5, 0.6) is 11.5 Å². The minimum atomic E-state index is -0.396. The van der Waals surface area contributed by atoms with Gasteiger partial charge in [-0.2, -0.15) is 0 Å². The zero-order chi connectivity index (χ0) is 21.5. The van der Waals surface area contributed by atoms with Crippen molar-refractivity contribution in [3.05, 3.63) is 63.9 Å². The van der Waals surface area contributed by atoms with Gasteiger partial charge in [0, 0.05) is 23.7 Å². The van der Waals surface area contributed by atoms with Crippen molar-refractivity contribution in [3.63, 3.8) is 0 Å². The Bertz CT molecular complexity index is 1080. The van der Waals surface area contributed by atoms with Crippen LogP contribution in [0.4, 0.5) is 0 Å². The largest absolute Gasteiger partial charge is 0.477 e. The van der Waals surface area contributed by atoms with Crippen LogP contribution in [0.1, 0.15) is 63.1 Å². The van der Waals surface area contributed by atoms with Gasteiger partial charge in [-0.15, -0.1) is 0 Å². The fourth-order valence-corrected chi connectivity index (χ4v) is 4.75. The van der Waals surface area contributed by atoms with E-state index in [0.29, 0.717) is 29.6 Å². The van der Waals surface area contributed by atoms with Crippen LogP contribution in [0.2, 0.25) is 0 Å². The first-order chi connectivity index (χ1) is 15.0. The van der Waals surface area contributed by atoms with Gasteiger partial charge in [-0.1, -0.05) is 25.0 Å². The molecule has 0 radical (unpaired) electrons. The van der Waals surface area contributed by atoms with E-state index in [1.165, 1.54) is 32.8 Å². The summed E-state index contributed by atoms with van der Waals surface area (Å²) in [5, 5.41) is 0. The van der Waals surface area contributed by atoms with Crippen molar-refractivity contribution < 1.29 is 23.8 Å². The van der Waals surface area contributed by atoms with Crippen LogP contribution in [0.25, 0.3) is 6.08 Å². The highest BCUT2D eigenvalue weighted by atomic mass is 16.5. The summed E-state index contributed by atoms with van der Waals surface area (Å²) in [7, 11) is 1.35. The van der Waals surface area contributed by atoms with Crippen LogP contribution in [0.15, 0.2) is 36.1 Å². The third kappa shape index (κ3) is 3.51. The van der Waals surface area contributed by atoms with Crippen molar-refractivity contribution in [3.8, 4) is 11.5 Å². The molecule has 160 valence electrons. The first-order valence-electron chi connectivity index (χ1n) is 10.7. The lowest BCUT2D eigenvalue weighted by Gasteiger charge is -2.34. The molecule has 5 rings (SSSR count). The third-order valence-electron chi connectivity index (χ3n) is 6.44. The smallest absolute Gasteiger partial charge is 0.337 e. The van der Waals surface area contributed by atoms with Gasteiger partial charge in [-0.05, 0) is 49.6 Å². The number of nitrogens with zero attached hydrogens (tertiary/aromatic N) is 1. The minimum absolute atomic E-state index is 0.129. The Labute approximate surface area is 181 Å². The maximum atomic E-state index is 13.1. The number of fused-ring (bicyclic) bond motifs is 2. The summed E-state index contributed by atoms with van der Waals surface area (Å²) >= 11 is 0. The number of esters is 1. The van der Waals surface area contributed by atoms with Gasteiger partial charge in [0.1, 0.15) is 18.2 Å². The number of benzene rings is 2. The van der Waals surface area contributed by atoms with E-state index in [9.17, 15) is 9.59 Å². The topological polar surface area (TPSA) is 65.1 Å². The Hall–Kier alpha value is -3.12. The van der Waals surface area contributed by atoms with E-state index in [2.05, 4.69) is 4.90 Å². The molecule has 1 aliphatic carbocycles. The summed E-state index contributed by atoms with van der Waals surface area (Å²) in [5.74, 6) is 1.17. The summed E-state index contributed by atoms with van der Waals surface area (Å²) < 4.78 is 16.8. The van der Waals surface area contributed by atoms with E-state index in [1.54, 1.807) is 30.3 Å². The Kier molecular flexibility index (Phi) is 5.02. The molecule has 31 heavy (non-hydrogen) atoms. The molecule has 0 N–H and O–H groups in total. The van der Waals surface area contributed by atoms with Gasteiger partial charge in [-0.25, -0.2) is 4.79 Å². The standard InChI is InChI=1S/C25H25NO5/c1-15-23-18(13-26(14-30-23)19-5-3-4-6-19)12-20-22(27)21(31-24(15)20)11-16-7-9-17(10-8-16)25(28)29-2/h7-12,19H,3-6,13-14H2,1-2H3/b21-11-. The molecule has 3 aliphatic rings. The number of hydrogen-bond donors (Lipinski definition) is 0. The number of Topliss-reactive ketones (excluding diaryl/α,β-unsaturated/α-hetero) is 1. The molecule has 0 aromatic heterocycles. The number of carbonyl (C=O) groups excluding carboxylic acids is 2. The first kappa shape index (κ1) is 19.8. The Morgan fingerprint density at radius 3 is 2.61 bits per heavy atom. The fraction of sp³-hybridized carbons (Fsp3) is 0.360. The number of rotatable bonds is 3. The monoisotopic (exact) mass is 419 g/mol. The highest BCUT2D eigenvalue weighted by Gasteiger charge is 2.35.